The summed E-state index contributed by atoms with van der Waals surface area (Å²) in [6, 6.07) is 1.80. The van der Waals surface area contributed by atoms with Crippen molar-refractivity contribution < 1.29 is 5.11 Å². The van der Waals surface area contributed by atoms with E-state index in [9.17, 15) is 5.11 Å². The smallest absolute Gasteiger partial charge is 0.141 e. The van der Waals surface area contributed by atoms with E-state index < -0.39 is 5.60 Å². The molecular weight excluding hydrogens is 190 g/mol. The average molecular weight is 207 g/mol. The molecule has 0 aromatic carbocycles. The number of hydrogen-bond donors (Lipinski definition) is 2. The third kappa shape index (κ3) is 2.97. The molecule has 0 aliphatic heterocycles. The fraction of sp³-hybridized carbons (Fsp3) is 0.636. The lowest BCUT2D eigenvalue weighted by molar-refractivity contribution is 0.0473. The molecule has 0 saturated heterocycles. The minimum atomic E-state index is -0.491. The molecular formula is C11H17N3O. The molecule has 4 heteroatoms. The predicted octanol–water partition coefficient (Wildman–Crippen LogP) is 0.871. The molecule has 0 bridgehead atoms. The quantitative estimate of drug-likeness (QED) is 0.769. The van der Waals surface area contributed by atoms with Gasteiger partial charge in [-0.1, -0.05) is 12.8 Å². The van der Waals surface area contributed by atoms with Crippen LogP contribution in [0.5, 0.6) is 0 Å². The topological polar surface area (TPSA) is 58.0 Å². The number of nitrogens with one attached hydrogen (secondary N) is 1. The molecule has 1 fully saturated rings. The van der Waals surface area contributed by atoms with E-state index in [1.165, 1.54) is 0 Å². The average Bonchev–Trinajstić information content (AvgIpc) is 2.67. The first kappa shape index (κ1) is 10.5. The minimum absolute atomic E-state index is 0.491. The van der Waals surface area contributed by atoms with Gasteiger partial charge in [0.1, 0.15) is 5.82 Å². The Labute approximate surface area is 89.8 Å². The van der Waals surface area contributed by atoms with Crippen LogP contribution in [0.2, 0.25) is 0 Å². The van der Waals surface area contributed by atoms with E-state index in [2.05, 4.69) is 15.3 Å². The fourth-order valence-electron chi connectivity index (χ4n) is 2.04. The molecule has 4 nitrogen and oxygen atoms in total. The van der Waals surface area contributed by atoms with Crippen molar-refractivity contribution in [1.29, 1.82) is 0 Å². The summed E-state index contributed by atoms with van der Waals surface area (Å²) >= 11 is 0. The van der Waals surface area contributed by atoms with Crippen LogP contribution in [0.1, 0.15) is 31.5 Å². The lowest BCUT2D eigenvalue weighted by Crippen LogP contribution is -2.37. The van der Waals surface area contributed by atoms with E-state index in [4.69, 9.17) is 0 Å². The van der Waals surface area contributed by atoms with Gasteiger partial charge in [-0.3, -0.25) is 0 Å². The van der Waals surface area contributed by atoms with Crippen LogP contribution in [0, 0.1) is 0 Å². The standard InChI is InChI=1S/C11H17N3O/c15-11(4-1-2-5-11)9-12-8-10-13-6-3-7-14-10/h3,6-7,12,15H,1-2,4-5,8-9H2. The number of aliphatic hydroxyl groups is 1. The van der Waals surface area contributed by atoms with Gasteiger partial charge in [0.25, 0.3) is 0 Å². The second kappa shape index (κ2) is 4.68. The SMILES string of the molecule is OC1(CNCc2ncccn2)CCCC1. The fourth-order valence-corrected chi connectivity index (χ4v) is 2.04. The molecule has 0 atom stereocenters. The molecule has 0 spiro atoms. The van der Waals surface area contributed by atoms with Gasteiger partial charge in [-0.2, -0.15) is 0 Å². The molecule has 82 valence electrons. The summed E-state index contributed by atoms with van der Waals surface area (Å²) in [6.07, 6.45) is 7.56. The summed E-state index contributed by atoms with van der Waals surface area (Å²) in [4.78, 5) is 8.22. The largest absolute Gasteiger partial charge is 0.389 e. The van der Waals surface area contributed by atoms with Crippen molar-refractivity contribution in [3.05, 3.63) is 24.3 Å². The van der Waals surface area contributed by atoms with Crippen molar-refractivity contribution in [2.24, 2.45) is 0 Å². The summed E-state index contributed by atoms with van der Waals surface area (Å²) in [6.45, 7) is 1.27. The van der Waals surface area contributed by atoms with Crippen LogP contribution in [0.4, 0.5) is 0 Å². The molecule has 1 aromatic heterocycles. The first-order valence-corrected chi connectivity index (χ1v) is 5.48. The maximum absolute atomic E-state index is 10.1. The first-order valence-electron chi connectivity index (χ1n) is 5.48. The van der Waals surface area contributed by atoms with Gasteiger partial charge in [-0.25, -0.2) is 9.97 Å². The zero-order valence-electron chi connectivity index (χ0n) is 8.82. The summed E-state index contributed by atoms with van der Waals surface area (Å²) in [5.74, 6) is 0.777. The molecule has 1 aliphatic carbocycles. The lowest BCUT2D eigenvalue weighted by atomic mass is 10.0. The maximum atomic E-state index is 10.1. The number of nitrogens with zero attached hydrogens (tertiary/aromatic N) is 2. The Bertz CT molecular complexity index is 296. The Kier molecular flexibility index (Phi) is 3.28. The molecule has 1 aromatic rings. The van der Waals surface area contributed by atoms with Crippen LogP contribution in [-0.2, 0) is 6.54 Å². The molecule has 1 aliphatic rings. The number of aromatic nitrogens is 2. The second-order valence-corrected chi connectivity index (χ2v) is 4.20. The van der Waals surface area contributed by atoms with E-state index in [1.54, 1.807) is 18.5 Å². The van der Waals surface area contributed by atoms with Crippen molar-refractivity contribution in [1.82, 2.24) is 15.3 Å². The first-order chi connectivity index (χ1) is 7.29. The third-order valence-electron chi connectivity index (χ3n) is 2.89. The van der Waals surface area contributed by atoms with E-state index in [-0.39, 0.29) is 0 Å². The molecule has 1 heterocycles. The zero-order chi connectivity index (χ0) is 10.6. The van der Waals surface area contributed by atoms with Crippen molar-refractivity contribution in [2.75, 3.05) is 6.54 Å². The van der Waals surface area contributed by atoms with Crippen molar-refractivity contribution >= 4 is 0 Å². The number of hydrogen-bond acceptors (Lipinski definition) is 4. The molecule has 0 unspecified atom stereocenters. The highest BCUT2D eigenvalue weighted by Gasteiger charge is 2.30. The van der Waals surface area contributed by atoms with Gasteiger partial charge in [0, 0.05) is 18.9 Å². The highest BCUT2D eigenvalue weighted by atomic mass is 16.3. The monoisotopic (exact) mass is 207 g/mol. The molecule has 2 rings (SSSR count). The Morgan fingerprint density at radius 3 is 2.60 bits per heavy atom. The Morgan fingerprint density at radius 1 is 1.27 bits per heavy atom. The molecule has 0 amide bonds. The zero-order valence-corrected chi connectivity index (χ0v) is 8.82. The number of rotatable bonds is 4. The summed E-state index contributed by atoms with van der Waals surface area (Å²) in [5.41, 5.74) is -0.491. The minimum Gasteiger partial charge on any atom is -0.389 e. The molecule has 15 heavy (non-hydrogen) atoms. The van der Waals surface area contributed by atoms with Crippen molar-refractivity contribution in [2.45, 2.75) is 37.8 Å². The van der Waals surface area contributed by atoms with Crippen molar-refractivity contribution in [3.63, 3.8) is 0 Å². The van der Waals surface area contributed by atoms with Gasteiger partial charge in [0.2, 0.25) is 0 Å². The summed E-state index contributed by atoms with van der Waals surface area (Å²) < 4.78 is 0. The lowest BCUT2D eigenvalue weighted by Gasteiger charge is -2.22. The summed E-state index contributed by atoms with van der Waals surface area (Å²) in [7, 11) is 0. The highest BCUT2D eigenvalue weighted by molar-refractivity contribution is 4.90. The normalized spacial score (nSPS) is 19.3. The van der Waals surface area contributed by atoms with Gasteiger partial charge in [-0.15, -0.1) is 0 Å². The van der Waals surface area contributed by atoms with Crippen LogP contribution in [0.25, 0.3) is 0 Å². The van der Waals surface area contributed by atoms with Gasteiger partial charge in [0.15, 0.2) is 0 Å². The Morgan fingerprint density at radius 2 is 1.93 bits per heavy atom. The molecule has 2 N–H and O–H groups in total. The van der Waals surface area contributed by atoms with Gasteiger partial charge >= 0.3 is 0 Å². The van der Waals surface area contributed by atoms with Crippen LogP contribution in [0.3, 0.4) is 0 Å². The van der Waals surface area contributed by atoms with Crippen molar-refractivity contribution in [3.8, 4) is 0 Å². The molecule has 1 saturated carbocycles. The van der Waals surface area contributed by atoms with Crippen LogP contribution < -0.4 is 5.32 Å². The van der Waals surface area contributed by atoms with Crippen LogP contribution in [-0.4, -0.2) is 27.2 Å². The predicted molar refractivity (Wildman–Crippen MR) is 57.2 cm³/mol. The second-order valence-electron chi connectivity index (χ2n) is 4.20. The van der Waals surface area contributed by atoms with Gasteiger partial charge in [-0.05, 0) is 18.9 Å². The maximum Gasteiger partial charge on any atom is 0.141 e. The summed E-state index contributed by atoms with van der Waals surface area (Å²) in [5, 5.41) is 13.3. The van der Waals surface area contributed by atoms with Crippen LogP contribution >= 0.6 is 0 Å². The Balaban J connectivity index is 1.75. The van der Waals surface area contributed by atoms with Crippen LogP contribution in [0.15, 0.2) is 18.5 Å². The van der Waals surface area contributed by atoms with E-state index in [0.29, 0.717) is 13.1 Å². The molecule has 0 radical (unpaired) electrons. The van der Waals surface area contributed by atoms with E-state index in [0.717, 1.165) is 31.5 Å². The van der Waals surface area contributed by atoms with Gasteiger partial charge in [0.05, 0.1) is 12.1 Å². The van der Waals surface area contributed by atoms with Gasteiger partial charge < -0.3 is 10.4 Å². The Hall–Kier alpha value is -1.00. The third-order valence-corrected chi connectivity index (χ3v) is 2.89. The van der Waals surface area contributed by atoms with E-state index in [1.807, 2.05) is 0 Å². The van der Waals surface area contributed by atoms with E-state index >= 15 is 0 Å². The highest BCUT2D eigenvalue weighted by Crippen LogP contribution is 2.28.